The van der Waals surface area contributed by atoms with Gasteiger partial charge >= 0.3 is 18.0 Å². The molecule has 0 aromatic heterocycles. The quantitative estimate of drug-likeness (QED) is 0.369. The van der Waals surface area contributed by atoms with Crippen molar-refractivity contribution >= 4 is 0 Å². The van der Waals surface area contributed by atoms with Crippen molar-refractivity contribution in [3.63, 3.8) is 0 Å². The summed E-state index contributed by atoms with van der Waals surface area (Å²) in [7, 11) is 0. The molecule has 0 spiro atoms. The van der Waals surface area contributed by atoms with Gasteiger partial charge in [-0.1, -0.05) is 31.6 Å². The van der Waals surface area contributed by atoms with E-state index in [0.29, 0.717) is 12.2 Å². The summed E-state index contributed by atoms with van der Waals surface area (Å²) in [6, 6.07) is 0. The molecule has 1 unspecified atom stereocenters. The number of alkyl halides is 7. The van der Waals surface area contributed by atoms with Crippen LogP contribution in [0.5, 0.6) is 0 Å². The second-order valence-corrected chi connectivity index (χ2v) is 6.73. The van der Waals surface area contributed by atoms with Crippen molar-refractivity contribution in [2.75, 3.05) is 26.5 Å². The van der Waals surface area contributed by atoms with E-state index in [9.17, 15) is 30.7 Å². The lowest BCUT2D eigenvalue weighted by molar-refractivity contribution is -0.405. The van der Waals surface area contributed by atoms with Crippen LogP contribution in [-0.2, 0) is 18.9 Å². The molecule has 4 nitrogen and oxygen atoms in total. The third-order valence-electron chi connectivity index (χ3n) is 4.37. The maximum absolute atomic E-state index is 13.6. The van der Waals surface area contributed by atoms with Crippen molar-refractivity contribution in [2.45, 2.75) is 62.6 Å². The van der Waals surface area contributed by atoms with Gasteiger partial charge in [-0.3, -0.25) is 0 Å². The van der Waals surface area contributed by atoms with E-state index in [4.69, 9.17) is 14.2 Å². The van der Waals surface area contributed by atoms with E-state index in [1.807, 2.05) is 6.92 Å². The average Bonchev–Trinajstić information content (AvgIpc) is 2.69. The molecule has 1 saturated heterocycles. The van der Waals surface area contributed by atoms with Gasteiger partial charge in [-0.05, 0) is 12.8 Å². The van der Waals surface area contributed by atoms with Crippen LogP contribution in [-0.4, -0.2) is 62.9 Å². The fraction of sp³-hybridized carbons (Fsp3) is 0.778. The van der Waals surface area contributed by atoms with Crippen molar-refractivity contribution in [1.82, 2.24) is 0 Å². The zero-order valence-corrected chi connectivity index (χ0v) is 15.7. The molecule has 11 heteroatoms. The first-order valence-corrected chi connectivity index (χ1v) is 9.14. The smallest absolute Gasteiger partial charge is 0.373 e. The summed E-state index contributed by atoms with van der Waals surface area (Å²) in [5, 5.41) is 0. The maximum atomic E-state index is 13.6. The lowest BCUT2D eigenvalue weighted by atomic mass is 10.0. The highest BCUT2D eigenvalue weighted by Gasteiger charge is 2.73. The predicted molar refractivity (Wildman–Crippen MR) is 87.9 cm³/mol. The molecule has 168 valence electrons. The predicted octanol–water partition coefficient (Wildman–Crippen LogP) is 4.65. The Bertz CT molecular complexity index is 587. The molecule has 1 atom stereocenters. The first kappa shape index (κ1) is 24.1. The molecule has 1 aliphatic carbocycles. The van der Waals surface area contributed by atoms with Gasteiger partial charge in [0.15, 0.2) is 13.0 Å². The highest BCUT2D eigenvalue weighted by atomic mass is 19.4. The molecule has 1 aliphatic heterocycles. The molecule has 0 aromatic carbocycles. The first-order chi connectivity index (χ1) is 13.5. The zero-order valence-electron chi connectivity index (χ0n) is 15.7. The van der Waals surface area contributed by atoms with Crippen molar-refractivity contribution in [3.8, 4) is 0 Å². The number of rotatable bonds is 10. The van der Waals surface area contributed by atoms with E-state index in [1.54, 1.807) is 0 Å². The lowest BCUT2D eigenvalue weighted by Crippen LogP contribution is -2.57. The van der Waals surface area contributed by atoms with Crippen LogP contribution in [0.15, 0.2) is 23.8 Å². The summed E-state index contributed by atoms with van der Waals surface area (Å²) in [4.78, 5) is 0. The van der Waals surface area contributed by atoms with Gasteiger partial charge in [0.2, 0.25) is 0 Å². The largest absolute Gasteiger partial charge is 0.426 e. The van der Waals surface area contributed by atoms with Crippen molar-refractivity contribution in [3.05, 3.63) is 23.8 Å². The van der Waals surface area contributed by atoms with Gasteiger partial charge in [-0.15, -0.1) is 0 Å². The number of unbranched alkanes of at least 4 members (excludes halogenated alkanes) is 1. The molecule has 0 saturated carbocycles. The molecular weight excluding hydrogens is 413 g/mol. The van der Waals surface area contributed by atoms with Crippen LogP contribution >= 0.6 is 0 Å². The van der Waals surface area contributed by atoms with E-state index >= 15 is 0 Å². The van der Waals surface area contributed by atoms with Crippen LogP contribution < -0.4 is 0 Å². The molecule has 0 bridgehead atoms. The zero-order chi connectivity index (χ0) is 21.7. The van der Waals surface area contributed by atoms with Gasteiger partial charge < -0.3 is 18.9 Å². The Morgan fingerprint density at radius 1 is 1.10 bits per heavy atom. The Morgan fingerprint density at radius 2 is 1.76 bits per heavy atom. The summed E-state index contributed by atoms with van der Waals surface area (Å²) >= 11 is 0. The molecule has 1 fully saturated rings. The summed E-state index contributed by atoms with van der Waals surface area (Å²) in [6.45, 7) is 0.156. The van der Waals surface area contributed by atoms with Gasteiger partial charge in [0.25, 0.3) is 0 Å². The van der Waals surface area contributed by atoms with Crippen LogP contribution in [0.4, 0.5) is 30.7 Å². The van der Waals surface area contributed by atoms with Gasteiger partial charge in [0, 0.05) is 12.2 Å². The van der Waals surface area contributed by atoms with Gasteiger partial charge in [0.05, 0.1) is 19.3 Å². The normalized spacial score (nSPS) is 26.5. The Balaban J connectivity index is 1.86. The molecule has 2 rings (SSSR count). The van der Waals surface area contributed by atoms with Crippen LogP contribution in [0, 0.1) is 0 Å². The topological polar surface area (TPSA) is 36.9 Å². The second kappa shape index (κ2) is 9.76. The monoisotopic (exact) mass is 436 g/mol. The van der Waals surface area contributed by atoms with E-state index in [-0.39, 0.29) is 25.7 Å². The Kier molecular flexibility index (Phi) is 8.11. The summed E-state index contributed by atoms with van der Waals surface area (Å²) in [5.74, 6) is -11.6. The highest BCUT2D eigenvalue weighted by molar-refractivity contribution is 5.27. The molecule has 0 N–H and O–H groups in total. The standard InChI is InChI=1S/C18H23F7O4/c1-2-3-8-26-14-9-27-15(28-10-14)12-4-6-13(7-5-12)29-18(24,25)17(22,23)16(20,21)11-19/h4-6,13-15H,2-3,7-11H2,1H3. The fourth-order valence-electron chi connectivity index (χ4n) is 2.61. The minimum atomic E-state index is -6.00. The first-order valence-electron chi connectivity index (χ1n) is 9.14. The highest BCUT2D eigenvalue weighted by Crippen LogP contribution is 2.47. The summed E-state index contributed by atoms with van der Waals surface area (Å²) in [5.41, 5.74) is 0.445. The van der Waals surface area contributed by atoms with Crippen LogP contribution in [0.1, 0.15) is 26.2 Å². The minimum absolute atomic E-state index is 0.236. The van der Waals surface area contributed by atoms with Crippen LogP contribution in [0.25, 0.3) is 0 Å². The minimum Gasteiger partial charge on any atom is -0.373 e. The third kappa shape index (κ3) is 5.71. The molecule has 2 aliphatic rings. The lowest BCUT2D eigenvalue weighted by Gasteiger charge is -2.34. The van der Waals surface area contributed by atoms with E-state index in [0.717, 1.165) is 18.9 Å². The van der Waals surface area contributed by atoms with E-state index < -0.39 is 37.0 Å². The molecule has 0 amide bonds. The Hall–Kier alpha value is -1.17. The third-order valence-corrected chi connectivity index (χ3v) is 4.37. The van der Waals surface area contributed by atoms with Crippen LogP contribution in [0.3, 0.4) is 0 Å². The summed E-state index contributed by atoms with van der Waals surface area (Å²) in [6.07, 6.45) is -3.01. The van der Waals surface area contributed by atoms with E-state index in [1.165, 1.54) is 12.2 Å². The molecule has 0 radical (unpaired) electrons. The number of halogens is 7. The molecule has 0 aromatic rings. The maximum Gasteiger partial charge on any atom is 0.426 e. The number of hydrogen-bond acceptors (Lipinski definition) is 4. The SMILES string of the molecule is CCCCOC1COC(C2=CCC(OC(F)(F)C(F)(F)C(F)(F)CF)C=C2)OC1. The fourth-order valence-corrected chi connectivity index (χ4v) is 2.61. The second-order valence-electron chi connectivity index (χ2n) is 6.73. The van der Waals surface area contributed by atoms with Crippen molar-refractivity contribution < 1.29 is 49.7 Å². The van der Waals surface area contributed by atoms with Crippen molar-refractivity contribution in [2.24, 2.45) is 0 Å². The molecule has 29 heavy (non-hydrogen) atoms. The number of ether oxygens (including phenoxy) is 4. The molecule has 1 heterocycles. The van der Waals surface area contributed by atoms with Gasteiger partial charge in [-0.2, -0.15) is 26.3 Å². The number of hydrogen-bond donors (Lipinski definition) is 0. The Labute approximate surface area is 163 Å². The van der Waals surface area contributed by atoms with Gasteiger partial charge in [-0.25, -0.2) is 4.39 Å². The van der Waals surface area contributed by atoms with E-state index in [2.05, 4.69) is 4.74 Å². The van der Waals surface area contributed by atoms with Crippen molar-refractivity contribution in [1.29, 1.82) is 0 Å². The molecular formula is C18H23F7O4. The average molecular weight is 436 g/mol. The Morgan fingerprint density at radius 3 is 2.28 bits per heavy atom. The summed E-state index contributed by atoms with van der Waals surface area (Å²) < 4.78 is 112. The van der Waals surface area contributed by atoms with Gasteiger partial charge in [0.1, 0.15) is 6.10 Å². The van der Waals surface area contributed by atoms with Crippen LogP contribution in [0.2, 0.25) is 0 Å².